The van der Waals surface area contributed by atoms with Crippen LogP contribution in [-0.4, -0.2) is 60.5 Å². The highest BCUT2D eigenvalue weighted by atomic mass is 32.2. The van der Waals surface area contributed by atoms with Crippen LogP contribution in [-0.2, 0) is 15.0 Å². The van der Waals surface area contributed by atoms with E-state index in [1.165, 1.54) is 0 Å². The van der Waals surface area contributed by atoms with Gasteiger partial charge in [0.25, 0.3) is 10.2 Å². The van der Waals surface area contributed by atoms with Crippen LogP contribution in [0.4, 0.5) is 13.2 Å². The second kappa shape index (κ2) is 5.63. The van der Waals surface area contributed by atoms with E-state index in [0.717, 1.165) is 7.05 Å². The Morgan fingerprint density at radius 1 is 1.42 bits per heavy atom. The van der Waals surface area contributed by atoms with Gasteiger partial charge >= 0.3 is 12.1 Å². The van der Waals surface area contributed by atoms with Gasteiger partial charge in [-0.2, -0.15) is 30.2 Å². The number of aliphatic carboxylic acids is 1. The lowest BCUT2D eigenvalue weighted by atomic mass is 10.1. The van der Waals surface area contributed by atoms with E-state index in [4.69, 9.17) is 5.11 Å². The van der Waals surface area contributed by atoms with E-state index in [9.17, 15) is 26.4 Å². The first-order chi connectivity index (χ1) is 8.55. The molecule has 1 rings (SSSR count). The number of carboxylic acid groups (broad SMARTS) is 1. The molecule has 19 heavy (non-hydrogen) atoms. The van der Waals surface area contributed by atoms with Gasteiger partial charge in [-0.1, -0.05) is 0 Å². The van der Waals surface area contributed by atoms with Crippen molar-refractivity contribution in [1.82, 2.24) is 8.61 Å². The zero-order valence-electron chi connectivity index (χ0n) is 10.2. The number of hydrogen-bond donors (Lipinski definition) is 1. The third kappa shape index (κ3) is 4.05. The fraction of sp³-hybridized carbons (Fsp3) is 0.889. The summed E-state index contributed by atoms with van der Waals surface area (Å²) in [4.78, 5) is 11.0. The Morgan fingerprint density at radius 3 is 2.47 bits per heavy atom. The Bertz CT molecular complexity index is 437. The summed E-state index contributed by atoms with van der Waals surface area (Å²) in [5, 5.41) is 8.94. The molecule has 0 amide bonds. The van der Waals surface area contributed by atoms with E-state index >= 15 is 0 Å². The van der Waals surface area contributed by atoms with Crippen LogP contribution in [0.15, 0.2) is 0 Å². The van der Waals surface area contributed by atoms with Crippen molar-refractivity contribution in [2.75, 3.05) is 20.1 Å². The molecule has 1 fully saturated rings. The van der Waals surface area contributed by atoms with Crippen molar-refractivity contribution in [2.45, 2.75) is 31.5 Å². The summed E-state index contributed by atoms with van der Waals surface area (Å²) < 4.78 is 61.4. The molecule has 0 spiro atoms. The normalized spacial score (nSPS) is 22.7. The maximum absolute atomic E-state index is 12.2. The summed E-state index contributed by atoms with van der Waals surface area (Å²) in [5.74, 6) is -1.34. The molecule has 6 nitrogen and oxygen atoms in total. The van der Waals surface area contributed by atoms with Gasteiger partial charge in [0.15, 0.2) is 0 Å². The lowest BCUT2D eigenvalue weighted by molar-refractivity contribution is -0.142. The van der Waals surface area contributed by atoms with Crippen LogP contribution in [0.25, 0.3) is 0 Å². The number of rotatable bonds is 4. The van der Waals surface area contributed by atoms with Crippen LogP contribution in [0.3, 0.4) is 0 Å². The topological polar surface area (TPSA) is 77.9 Å². The van der Waals surface area contributed by atoms with E-state index in [-0.39, 0.29) is 17.3 Å². The number of carboxylic acids is 1. The minimum atomic E-state index is -4.67. The highest BCUT2D eigenvalue weighted by Crippen LogP contribution is 2.24. The van der Waals surface area contributed by atoms with E-state index in [1.54, 1.807) is 0 Å². The van der Waals surface area contributed by atoms with Crippen molar-refractivity contribution in [2.24, 2.45) is 0 Å². The number of halogens is 3. The molecular formula is C9H15F3N2O4S. The molecule has 0 bridgehead atoms. The van der Waals surface area contributed by atoms with Crippen molar-refractivity contribution in [1.29, 1.82) is 0 Å². The summed E-state index contributed by atoms with van der Waals surface area (Å²) >= 11 is 0. The number of nitrogens with zero attached hydrogens (tertiary/aromatic N) is 2. The molecule has 0 aromatic heterocycles. The number of piperidine rings is 1. The smallest absolute Gasteiger partial charge is 0.402 e. The quantitative estimate of drug-likeness (QED) is 0.828. The third-order valence-electron chi connectivity index (χ3n) is 2.83. The molecule has 1 N–H and O–H groups in total. The number of hydrogen-bond acceptors (Lipinski definition) is 3. The molecule has 0 aromatic rings. The first-order valence-corrected chi connectivity index (χ1v) is 6.98. The van der Waals surface area contributed by atoms with Crippen molar-refractivity contribution >= 4 is 16.2 Å². The molecule has 0 radical (unpaired) electrons. The third-order valence-corrected chi connectivity index (χ3v) is 4.78. The molecule has 1 aliphatic rings. The molecule has 1 heterocycles. The number of alkyl halides is 3. The van der Waals surface area contributed by atoms with Gasteiger partial charge in [0.1, 0.15) is 12.6 Å². The molecule has 112 valence electrons. The highest BCUT2D eigenvalue weighted by Gasteiger charge is 2.42. The Labute approximate surface area is 109 Å². The van der Waals surface area contributed by atoms with Gasteiger partial charge in [0, 0.05) is 13.6 Å². The van der Waals surface area contributed by atoms with Crippen molar-refractivity contribution < 1.29 is 31.5 Å². The second-order valence-corrected chi connectivity index (χ2v) is 6.33. The van der Waals surface area contributed by atoms with Gasteiger partial charge in [-0.05, 0) is 19.3 Å². The standard InChI is InChI=1S/C9H15F3N2O4S/c1-13(6-9(10,11)12)19(17,18)14-5-3-2-4-7(14)8(15)16/h7H,2-6H2,1H3,(H,15,16). The summed E-state index contributed by atoms with van der Waals surface area (Å²) in [5.41, 5.74) is 0. The van der Waals surface area contributed by atoms with Gasteiger partial charge in [0.2, 0.25) is 0 Å². The SMILES string of the molecule is CN(CC(F)(F)F)S(=O)(=O)N1CCCCC1C(=O)O. The fourth-order valence-electron chi connectivity index (χ4n) is 1.94. The van der Waals surface area contributed by atoms with Gasteiger partial charge in [-0.3, -0.25) is 4.79 Å². The number of carbonyl (C=O) groups is 1. The minimum absolute atomic E-state index is 0.0818. The van der Waals surface area contributed by atoms with Gasteiger partial charge in [-0.15, -0.1) is 0 Å². The van der Waals surface area contributed by atoms with Crippen molar-refractivity contribution in [3.63, 3.8) is 0 Å². The summed E-state index contributed by atoms with van der Waals surface area (Å²) in [6.07, 6.45) is -3.60. The van der Waals surface area contributed by atoms with Crippen LogP contribution >= 0.6 is 0 Å². The maximum atomic E-state index is 12.2. The summed E-state index contributed by atoms with van der Waals surface area (Å²) in [6.45, 7) is -1.72. The Balaban J connectivity index is 2.94. The van der Waals surface area contributed by atoms with Crippen LogP contribution in [0.2, 0.25) is 0 Å². The van der Waals surface area contributed by atoms with Crippen molar-refractivity contribution in [3.8, 4) is 0 Å². The maximum Gasteiger partial charge on any atom is 0.402 e. The predicted octanol–water partition coefficient (Wildman–Crippen LogP) is 0.664. The summed E-state index contributed by atoms with van der Waals surface area (Å²) in [7, 11) is -3.64. The Hall–Kier alpha value is -0.870. The molecule has 10 heteroatoms. The zero-order valence-corrected chi connectivity index (χ0v) is 11.0. The average molecular weight is 304 g/mol. The second-order valence-electron chi connectivity index (χ2n) is 4.34. The minimum Gasteiger partial charge on any atom is -0.480 e. The Morgan fingerprint density at radius 2 is 2.00 bits per heavy atom. The zero-order chi connectivity index (χ0) is 14.8. The monoisotopic (exact) mass is 304 g/mol. The predicted molar refractivity (Wildman–Crippen MR) is 59.6 cm³/mol. The van der Waals surface area contributed by atoms with Crippen LogP contribution < -0.4 is 0 Å². The summed E-state index contributed by atoms with van der Waals surface area (Å²) in [6, 6.07) is -1.30. The van der Waals surface area contributed by atoms with E-state index < -0.39 is 34.9 Å². The first-order valence-electron chi connectivity index (χ1n) is 5.58. The van der Waals surface area contributed by atoms with Crippen LogP contribution in [0, 0.1) is 0 Å². The molecule has 0 aromatic carbocycles. The highest BCUT2D eigenvalue weighted by molar-refractivity contribution is 7.86. The molecule has 1 atom stereocenters. The molecule has 0 aliphatic carbocycles. The van der Waals surface area contributed by atoms with Crippen LogP contribution in [0.1, 0.15) is 19.3 Å². The lowest BCUT2D eigenvalue weighted by Crippen LogP contribution is -2.53. The van der Waals surface area contributed by atoms with Crippen molar-refractivity contribution in [3.05, 3.63) is 0 Å². The van der Waals surface area contributed by atoms with Gasteiger partial charge < -0.3 is 5.11 Å². The molecule has 1 saturated heterocycles. The van der Waals surface area contributed by atoms with E-state index in [2.05, 4.69) is 0 Å². The molecular weight excluding hydrogens is 289 g/mol. The Kier molecular flexibility index (Phi) is 4.80. The van der Waals surface area contributed by atoms with Crippen LogP contribution in [0.5, 0.6) is 0 Å². The fourth-order valence-corrected chi connectivity index (χ4v) is 3.49. The largest absolute Gasteiger partial charge is 0.480 e. The average Bonchev–Trinajstić information content (AvgIpc) is 2.26. The lowest BCUT2D eigenvalue weighted by Gasteiger charge is -2.34. The van der Waals surface area contributed by atoms with E-state index in [0.29, 0.717) is 17.1 Å². The molecule has 1 aliphatic heterocycles. The molecule has 1 unspecified atom stereocenters. The van der Waals surface area contributed by atoms with E-state index in [1.807, 2.05) is 0 Å². The first kappa shape index (κ1) is 16.2. The van der Waals surface area contributed by atoms with Gasteiger partial charge in [0.05, 0.1) is 0 Å². The molecule has 0 saturated carbocycles. The van der Waals surface area contributed by atoms with Gasteiger partial charge in [-0.25, -0.2) is 0 Å².